The second-order valence-corrected chi connectivity index (χ2v) is 4.50. The van der Waals surface area contributed by atoms with E-state index in [0.717, 1.165) is 37.2 Å². The maximum atomic E-state index is 5.15. The summed E-state index contributed by atoms with van der Waals surface area (Å²) in [5, 5.41) is 3.43. The zero-order chi connectivity index (χ0) is 13.3. The molecule has 0 fully saturated rings. The third-order valence-corrected chi connectivity index (χ3v) is 3.00. The zero-order valence-electron chi connectivity index (χ0n) is 11.3. The van der Waals surface area contributed by atoms with Gasteiger partial charge in [-0.05, 0) is 36.6 Å². The van der Waals surface area contributed by atoms with Gasteiger partial charge < -0.3 is 10.1 Å². The van der Waals surface area contributed by atoms with Crippen LogP contribution < -0.4 is 10.1 Å². The third kappa shape index (κ3) is 4.72. The molecule has 0 atom stereocenters. The number of hydrogen-bond donors (Lipinski definition) is 1. The summed E-state index contributed by atoms with van der Waals surface area (Å²) in [5.74, 6) is 0.809. The number of ether oxygens (including phenoxy) is 1. The number of pyridine rings is 1. The third-order valence-electron chi connectivity index (χ3n) is 3.00. The Balaban J connectivity index is 1.66. The van der Waals surface area contributed by atoms with Crippen molar-refractivity contribution in [2.45, 2.75) is 19.4 Å². The molecule has 0 radical (unpaired) electrons. The van der Waals surface area contributed by atoms with Crippen molar-refractivity contribution in [1.29, 1.82) is 0 Å². The summed E-state index contributed by atoms with van der Waals surface area (Å²) in [6, 6.07) is 12.6. The van der Waals surface area contributed by atoms with Crippen LogP contribution in [0.3, 0.4) is 0 Å². The molecule has 3 nitrogen and oxygen atoms in total. The lowest BCUT2D eigenvalue weighted by Gasteiger charge is -2.06. The van der Waals surface area contributed by atoms with Crippen LogP contribution in [-0.2, 0) is 13.0 Å². The molecule has 0 amide bonds. The fourth-order valence-electron chi connectivity index (χ4n) is 1.97. The highest BCUT2D eigenvalue weighted by Gasteiger charge is 1.97. The van der Waals surface area contributed by atoms with E-state index in [1.165, 1.54) is 5.56 Å². The van der Waals surface area contributed by atoms with E-state index in [4.69, 9.17) is 4.74 Å². The van der Waals surface area contributed by atoms with Gasteiger partial charge in [-0.15, -0.1) is 0 Å². The predicted molar refractivity (Wildman–Crippen MR) is 77.3 cm³/mol. The number of rotatable bonds is 7. The minimum Gasteiger partial charge on any atom is -0.495 e. The molecule has 0 unspecified atom stereocenters. The topological polar surface area (TPSA) is 34.1 Å². The van der Waals surface area contributed by atoms with Crippen LogP contribution in [0.15, 0.2) is 48.8 Å². The van der Waals surface area contributed by atoms with Crippen LogP contribution in [0.5, 0.6) is 5.75 Å². The van der Waals surface area contributed by atoms with Crippen molar-refractivity contribution in [3.05, 3.63) is 59.9 Å². The molecular formula is C16H20N2O. The Labute approximate surface area is 114 Å². The molecule has 0 saturated carbocycles. The van der Waals surface area contributed by atoms with E-state index in [9.17, 15) is 0 Å². The summed E-state index contributed by atoms with van der Waals surface area (Å²) in [5.41, 5.74) is 2.55. The van der Waals surface area contributed by atoms with Gasteiger partial charge in [-0.2, -0.15) is 0 Å². The van der Waals surface area contributed by atoms with Crippen LogP contribution in [0.1, 0.15) is 17.5 Å². The summed E-state index contributed by atoms with van der Waals surface area (Å²) < 4.78 is 5.15. The molecule has 1 N–H and O–H groups in total. The number of aryl methyl sites for hydroxylation is 1. The molecular weight excluding hydrogens is 236 g/mol. The van der Waals surface area contributed by atoms with Crippen LogP contribution in [0.25, 0.3) is 0 Å². The maximum absolute atomic E-state index is 5.15. The quantitative estimate of drug-likeness (QED) is 0.773. The molecule has 2 rings (SSSR count). The highest BCUT2D eigenvalue weighted by molar-refractivity contribution is 5.23. The monoisotopic (exact) mass is 256 g/mol. The van der Waals surface area contributed by atoms with Crippen molar-refractivity contribution in [3.63, 3.8) is 0 Å². The number of benzene rings is 1. The smallest absolute Gasteiger partial charge is 0.137 e. The van der Waals surface area contributed by atoms with Gasteiger partial charge in [0.2, 0.25) is 0 Å². The number of aromatic nitrogens is 1. The van der Waals surface area contributed by atoms with Gasteiger partial charge in [-0.25, -0.2) is 0 Å². The van der Waals surface area contributed by atoms with E-state index < -0.39 is 0 Å². The molecule has 1 aromatic carbocycles. The lowest BCUT2D eigenvalue weighted by molar-refractivity contribution is 0.412. The summed E-state index contributed by atoms with van der Waals surface area (Å²) in [6.45, 7) is 1.84. The van der Waals surface area contributed by atoms with Crippen LogP contribution in [-0.4, -0.2) is 18.6 Å². The van der Waals surface area contributed by atoms with Gasteiger partial charge in [0.1, 0.15) is 5.75 Å². The second-order valence-electron chi connectivity index (χ2n) is 4.50. The van der Waals surface area contributed by atoms with Crippen LogP contribution in [0, 0.1) is 0 Å². The van der Waals surface area contributed by atoms with Crippen molar-refractivity contribution in [2.75, 3.05) is 13.7 Å². The van der Waals surface area contributed by atoms with Crippen LogP contribution >= 0.6 is 0 Å². The average molecular weight is 256 g/mol. The van der Waals surface area contributed by atoms with E-state index in [1.54, 1.807) is 13.3 Å². The van der Waals surface area contributed by atoms with Crippen molar-refractivity contribution in [2.24, 2.45) is 0 Å². The molecule has 19 heavy (non-hydrogen) atoms. The molecule has 3 heteroatoms. The predicted octanol–water partition coefficient (Wildman–Crippen LogP) is 2.81. The van der Waals surface area contributed by atoms with Gasteiger partial charge in [-0.3, -0.25) is 4.98 Å². The van der Waals surface area contributed by atoms with E-state index >= 15 is 0 Å². The lowest BCUT2D eigenvalue weighted by atomic mass is 10.1. The Morgan fingerprint density at radius 1 is 1.11 bits per heavy atom. The molecule has 0 aliphatic carbocycles. The molecule has 2 aromatic rings. The summed E-state index contributed by atoms with van der Waals surface area (Å²) in [4.78, 5) is 4.14. The lowest BCUT2D eigenvalue weighted by Crippen LogP contribution is -2.15. The molecule has 1 aromatic heterocycles. The first-order chi connectivity index (χ1) is 9.38. The molecule has 1 heterocycles. The summed E-state index contributed by atoms with van der Waals surface area (Å²) in [7, 11) is 1.66. The Kier molecular flexibility index (Phi) is 5.38. The molecule has 0 aliphatic heterocycles. The van der Waals surface area contributed by atoms with Gasteiger partial charge in [0, 0.05) is 12.7 Å². The SMILES string of the molecule is COc1cncc(CNCCCc2ccccc2)c1. The Hall–Kier alpha value is -1.87. The molecule has 0 bridgehead atoms. The Bertz CT molecular complexity index is 485. The normalized spacial score (nSPS) is 10.4. The highest BCUT2D eigenvalue weighted by atomic mass is 16.5. The zero-order valence-corrected chi connectivity index (χ0v) is 11.3. The number of hydrogen-bond acceptors (Lipinski definition) is 3. The Morgan fingerprint density at radius 2 is 1.95 bits per heavy atom. The van der Waals surface area contributed by atoms with Crippen molar-refractivity contribution in [3.8, 4) is 5.75 Å². The van der Waals surface area contributed by atoms with E-state index in [2.05, 4.69) is 40.6 Å². The first-order valence-electron chi connectivity index (χ1n) is 6.61. The highest BCUT2D eigenvalue weighted by Crippen LogP contribution is 2.09. The number of nitrogens with one attached hydrogen (secondary N) is 1. The van der Waals surface area contributed by atoms with Gasteiger partial charge in [0.05, 0.1) is 13.3 Å². The molecule has 100 valence electrons. The maximum Gasteiger partial charge on any atom is 0.137 e. The first-order valence-corrected chi connectivity index (χ1v) is 6.61. The molecule has 0 spiro atoms. The van der Waals surface area contributed by atoms with Crippen LogP contribution in [0.2, 0.25) is 0 Å². The fourth-order valence-corrected chi connectivity index (χ4v) is 1.97. The largest absolute Gasteiger partial charge is 0.495 e. The van der Waals surface area contributed by atoms with E-state index in [1.807, 2.05) is 12.3 Å². The van der Waals surface area contributed by atoms with Crippen molar-refractivity contribution < 1.29 is 4.74 Å². The molecule has 0 aliphatic rings. The minimum atomic E-state index is 0.809. The summed E-state index contributed by atoms with van der Waals surface area (Å²) in [6.07, 6.45) is 5.84. The van der Waals surface area contributed by atoms with E-state index in [-0.39, 0.29) is 0 Å². The first kappa shape index (κ1) is 13.6. The van der Waals surface area contributed by atoms with Crippen molar-refractivity contribution >= 4 is 0 Å². The van der Waals surface area contributed by atoms with Gasteiger partial charge in [0.25, 0.3) is 0 Å². The van der Waals surface area contributed by atoms with Gasteiger partial charge in [-0.1, -0.05) is 30.3 Å². The standard InChI is InChI=1S/C16H20N2O/c1-19-16-10-15(12-18-13-16)11-17-9-5-8-14-6-3-2-4-7-14/h2-4,6-7,10,12-13,17H,5,8-9,11H2,1H3. The van der Waals surface area contributed by atoms with Gasteiger partial charge >= 0.3 is 0 Å². The summed E-state index contributed by atoms with van der Waals surface area (Å²) >= 11 is 0. The minimum absolute atomic E-state index is 0.809. The Morgan fingerprint density at radius 3 is 2.74 bits per heavy atom. The molecule has 0 saturated heterocycles. The van der Waals surface area contributed by atoms with Crippen molar-refractivity contribution in [1.82, 2.24) is 10.3 Å². The second kappa shape index (κ2) is 7.54. The van der Waals surface area contributed by atoms with E-state index in [0.29, 0.717) is 0 Å². The fraction of sp³-hybridized carbons (Fsp3) is 0.312. The van der Waals surface area contributed by atoms with Gasteiger partial charge in [0.15, 0.2) is 0 Å². The van der Waals surface area contributed by atoms with Crippen LogP contribution in [0.4, 0.5) is 0 Å². The number of nitrogens with zero attached hydrogens (tertiary/aromatic N) is 1. The average Bonchev–Trinajstić information content (AvgIpc) is 2.48. The number of methoxy groups -OCH3 is 1.